The van der Waals surface area contributed by atoms with Gasteiger partial charge in [-0.15, -0.1) is 5.10 Å². The number of aromatic amines is 1. The Hall–Kier alpha value is -4.08. The smallest absolute Gasteiger partial charge is 0.281 e. The van der Waals surface area contributed by atoms with Gasteiger partial charge in [0.05, 0.1) is 13.7 Å². The van der Waals surface area contributed by atoms with Crippen LogP contribution in [0.25, 0.3) is 11.2 Å². The number of benzene rings is 2. The summed E-state index contributed by atoms with van der Waals surface area (Å²) in [5.74, 6) is 0.583. The summed E-state index contributed by atoms with van der Waals surface area (Å²) in [6, 6.07) is 13.1. The lowest BCUT2D eigenvalue weighted by molar-refractivity contribution is 0.0704. The Morgan fingerprint density at radius 3 is 2.85 bits per heavy atom. The van der Waals surface area contributed by atoms with Crippen LogP contribution in [0.4, 0.5) is 4.39 Å². The maximum Gasteiger partial charge on any atom is 0.281 e. The highest BCUT2D eigenvalue weighted by atomic mass is 19.1. The van der Waals surface area contributed by atoms with Gasteiger partial charge in [-0.25, -0.2) is 14.1 Å². The van der Waals surface area contributed by atoms with Crippen LogP contribution in [-0.2, 0) is 6.54 Å². The average Bonchev–Trinajstić information content (AvgIpc) is 3.28. The molecule has 0 saturated carbocycles. The maximum absolute atomic E-state index is 13.2. The van der Waals surface area contributed by atoms with Crippen LogP contribution < -0.4 is 10.3 Å². The van der Waals surface area contributed by atoms with E-state index in [4.69, 9.17) is 4.74 Å². The van der Waals surface area contributed by atoms with E-state index < -0.39 is 0 Å². The molecule has 10 heteroatoms. The predicted molar refractivity (Wildman–Crippen MR) is 122 cm³/mol. The van der Waals surface area contributed by atoms with E-state index in [2.05, 4.69) is 20.3 Å². The van der Waals surface area contributed by atoms with Crippen molar-refractivity contribution >= 4 is 17.1 Å². The van der Waals surface area contributed by atoms with Crippen LogP contribution in [-0.4, -0.2) is 56.0 Å². The van der Waals surface area contributed by atoms with Gasteiger partial charge in [0.15, 0.2) is 11.2 Å². The minimum Gasteiger partial charge on any atom is -0.497 e. The van der Waals surface area contributed by atoms with Gasteiger partial charge in [-0.05, 0) is 48.7 Å². The Labute approximate surface area is 194 Å². The lowest BCUT2D eigenvalue weighted by atomic mass is 9.96. The van der Waals surface area contributed by atoms with Gasteiger partial charge in [0.2, 0.25) is 0 Å². The summed E-state index contributed by atoms with van der Waals surface area (Å²) in [5, 5.41) is 8.05. The van der Waals surface area contributed by atoms with Gasteiger partial charge >= 0.3 is 0 Å². The van der Waals surface area contributed by atoms with E-state index in [1.807, 2.05) is 0 Å². The number of aromatic nitrogens is 5. The second-order valence-corrected chi connectivity index (χ2v) is 8.32. The number of likely N-dealkylation sites (tertiary alicyclic amines) is 1. The van der Waals surface area contributed by atoms with E-state index in [0.717, 1.165) is 18.4 Å². The minimum atomic E-state index is -0.374. The number of nitrogens with one attached hydrogen (secondary N) is 1. The number of nitrogens with zero attached hydrogens (tertiary/aromatic N) is 5. The van der Waals surface area contributed by atoms with E-state index >= 15 is 0 Å². The second-order valence-electron chi connectivity index (χ2n) is 8.32. The number of hydrogen-bond acceptors (Lipinski definition) is 6. The van der Waals surface area contributed by atoms with Crippen molar-refractivity contribution in [2.24, 2.45) is 0 Å². The molecule has 0 bridgehead atoms. The van der Waals surface area contributed by atoms with E-state index in [0.29, 0.717) is 42.4 Å². The van der Waals surface area contributed by atoms with Crippen molar-refractivity contribution in [3.8, 4) is 5.75 Å². The molecule has 0 aliphatic carbocycles. The first-order chi connectivity index (χ1) is 16.5. The first kappa shape index (κ1) is 21.7. The zero-order valence-electron chi connectivity index (χ0n) is 18.6. The van der Waals surface area contributed by atoms with Crippen LogP contribution in [0, 0.1) is 5.82 Å². The fraction of sp³-hybridized carbons (Fsp3) is 0.292. The molecule has 1 N–H and O–H groups in total. The summed E-state index contributed by atoms with van der Waals surface area (Å²) in [4.78, 5) is 35.1. The van der Waals surface area contributed by atoms with Crippen LogP contribution in [0.15, 0.2) is 53.3 Å². The molecule has 0 radical (unpaired) electrons. The highest BCUT2D eigenvalue weighted by molar-refractivity contribution is 5.94. The molecule has 1 aliphatic rings. The SMILES string of the molecule is COc1cccc(C(=O)N2CCC[C@@H](c3nc4c(nnn4Cc4ccc(F)cc4)c(=O)[nH]3)C2)c1. The topological polar surface area (TPSA) is 106 Å². The van der Waals surface area contributed by atoms with Crippen molar-refractivity contribution in [3.05, 3.63) is 81.7 Å². The Morgan fingerprint density at radius 1 is 1.24 bits per heavy atom. The van der Waals surface area contributed by atoms with Gasteiger partial charge < -0.3 is 14.6 Å². The van der Waals surface area contributed by atoms with Crippen LogP contribution >= 0.6 is 0 Å². The molecule has 1 saturated heterocycles. The Bertz CT molecular complexity index is 1400. The number of carbonyl (C=O) groups excluding carboxylic acids is 1. The number of fused-ring (bicyclic) bond motifs is 1. The Morgan fingerprint density at radius 2 is 2.06 bits per heavy atom. The molecule has 3 heterocycles. The van der Waals surface area contributed by atoms with Crippen LogP contribution in [0.1, 0.15) is 40.5 Å². The number of carbonyl (C=O) groups is 1. The molecule has 2 aromatic heterocycles. The largest absolute Gasteiger partial charge is 0.497 e. The third kappa shape index (κ3) is 4.26. The second kappa shape index (κ2) is 9.05. The summed E-state index contributed by atoms with van der Waals surface area (Å²) in [5.41, 5.74) is 1.50. The standard InChI is InChI=1S/C24H23FN6O3/c1-34-19-6-2-4-16(12-19)24(33)30-11-3-5-17(14-30)21-26-22-20(23(32)27-21)28-29-31(22)13-15-7-9-18(25)10-8-15/h2,4,6-10,12,17H,3,5,11,13-14H2,1H3,(H,26,27,32)/t17-/m1/s1. The number of rotatable bonds is 5. The molecule has 174 valence electrons. The van der Waals surface area contributed by atoms with Crippen LogP contribution in [0.2, 0.25) is 0 Å². The molecular weight excluding hydrogens is 439 g/mol. The third-order valence-corrected chi connectivity index (χ3v) is 6.05. The van der Waals surface area contributed by atoms with Gasteiger partial charge in [-0.1, -0.05) is 23.4 Å². The summed E-state index contributed by atoms with van der Waals surface area (Å²) < 4.78 is 20.0. The molecule has 1 amide bonds. The molecule has 5 rings (SSSR count). The van der Waals surface area contributed by atoms with Crippen molar-refractivity contribution in [2.75, 3.05) is 20.2 Å². The number of halogens is 1. The van der Waals surface area contributed by atoms with Crippen molar-refractivity contribution in [2.45, 2.75) is 25.3 Å². The normalized spacial score (nSPS) is 16.1. The average molecular weight is 462 g/mol. The van der Waals surface area contributed by atoms with Crippen molar-refractivity contribution in [1.82, 2.24) is 29.9 Å². The number of hydrogen-bond donors (Lipinski definition) is 1. The van der Waals surface area contributed by atoms with Crippen molar-refractivity contribution in [1.29, 1.82) is 0 Å². The third-order valence-electron chi connectivity index (χ3n) is 6.05. The minimum absolute atomic E-state index is 0.0879. The maximum atomic E-state index is 13.2. The summed E-state index contributed by atoms with van der Waals surface area (Å²) >= 11 is 0. The molecule has 9 nitrogen and oxygen atoms in total. The molecule has 1 atom stereocenters. The van der Waals surface area contributed by atoms with E-state index in [-0.39, 0.29) is 28.7 Å². The quantitative estimate of drug-likeness (QED) is 0.489. The molecule has 1 aliphatic heterocycles. The predicted octanol–water partition coefficient (Wildman–Crippen LogP) is 2.73. The lowest BCUT2D eigenvalue weighted by Gasteiger charge is -2.32. The monoisotopic (exact) mass is 462 g/mol. The zero-order chi connectivity index (χ0) is 23.7. The highest BCUT2D eigenvalue weighted by Crippen LogP contribution is 2.26. The first-order valence-corrected chi connectivity index (χ1v) is 11.0. The molecule has 4 aromatic rings. The molecule has 0 spiro atoms. The van der Waals surface area contributed by atoms with Crippen LogP contribution in [0.5, 0.6) is 5.75 Å². The molecule has 1 fully saturated rings. The number of ether oxygens (including phenoxy) is 1. The summed E-state index contributed by atoms with van der Waals surface area (Å²) in [7, 11) is 1.56. The van der Waals surface area contributed by atoms with E-state index in [9.17, 15) is 14.0 Å². The Balaban J connectivity index is 1.41. The lowest BCUT2D eigenvalue weighted by Crippen LogP contribution is -2.40. The Kier molecular flexibility index (Phi) is 5.79. The number of H-pyrrole nitrogens is 1. The first-order valence-electron chi connectivity index (χ1n) is 11.0. The fourth-order valence-electron chi connectivity index (χ4n) is 4.27. The zero-order valence-corrected chi connectivity index (χ0v) is 18.6. The summed E-state index contributed by atoms with van der Waals surface area (Å²) in [6.45, 7) is 1.37. The van der Waals surface area contributed by atoms with Gasteiger partial charge in [0, 0.05) is 24.6 Å². The number of piperidine rings is 1. The van der Waals surface area contributed by atoms with Crippen LogP contribution in [0.3, 0.4) is 0 Å². The number of amides is 1. The fourth-order valence-corrected chi connectivity index (χ4v) is 4.27. The van der Waals surface area contributed by atoms with Gasteiger partial charge in [0.1, 0.15) is 17.4 Å². The molecule has 34 heavy (non-hydrogen) atoms. The van der Waals surface area contributed by atoms with Gasteiger partial charge in [-0.3, -0.25) is 9.59 Å². The summed E-state index contributed by atoms with van der Waals surface area (Å²) in [6.07, 6.45) is 1.57. The molecule has 0 unspecified atom stereocenters. The van der Waals surface area contributed by atoms with Crippen molar-refractivity contribution < 1.29 is 13.9 Å². The van der Waals surface area contributed by atoms with E-state index in [1.54, 1.807) is 48.4 Å². The van der Waals surface area contributed by atoms with Gasteiger partial charge in [0.25, 0.3) is 11.5 Å². The molecule has 2 aromatic carbocycles. The van der Waals surface area contributed by atoms with E-state index in [1.165, 1.54) is 16.8 Å². The van der Waals surface area contributed by atoms with Gasteiger partial charge in [-0.2, -0.15) is 0 Å². The molecular formula is C24H23FN6O3. The highest BCUT2D eigenvalue weighted by Gasteiger charge is 2.28. The number of methoxy groups -OCH3 is 1. The van der Waals surface area contributed by atoms with Crippen molar-refractivity contribution in [3.63, 3.8) is 0 Å².